The van der Waals surface area contributed by atoms with E-state index in [4.69, 9.17) is 0 Å². The number of aromatic nitrogens is 1. The van der Waals surface area contributed by atoms with E-state index in [2.05, 4.69) is 4.98 Å². The van der Waals surface area contributed by atoms with Gasteiger partial charge in [0.05, 0.1) is 17.1 Å². The Labute approximate surface area is 170 Å². The number of aryl methyl sites for hydroxylation is 1. The van der Waals surface area contributed by atoms with Crippen molar-refractivity contribution in [1.82, 2.24) is 14.2 Å². The van der Waals surface area contributed by atoms with Gasteiger partial charge in [-0.3, -0.25) is 9.78 Å². The molecule has 0 unspecified atom stereocenters. The first kappa shape index (κ1) is 20.0. The summed E-state index contributed by atoms with van der Waals surface area (Å²) in [5.41, 5.74) is 0.923. The predicted octanol–water partition coefficient (Wildman–Crippen LogP) is 2.59. The quantitative estimate of drug-likeness (QED) is 0.750. The van der Waals surface area contributed by atoms with Gasteiger partial charge in [-0.15, -0.1) is 0 Å². The highest BCUT2D eigenvalue weighted by Crippen LogP contribution is 2.59. The molecule has 0 N–H and O–H groups in total. The molecule has 6 nitrogen and oxygen atoms in total. The number of hydrogen-bond donors (Lipinski definition) is 0. The van der Waals surface area contributed by atoms with E-state index in [9.17, 15) is 17.6 Å². The summed E-state index contributed by atoms with van der Waals surface area (Å²) in [6, 6.07) is 9.57. The second kappa shape index (κ2) is 7.18. The maximum Gasteiger partial charge on any atom is 0.243 e. The van der Waals surface area contributed by atoms with Crippen molar-refractivity contribution in [3.8, 4) is 0 Å². The van der Waals surface area contributed by atoms with Gasteiger partial charge in [-0.05, 0) is 55.0 Å². The monoisotopic (exact) mass is 417 g/mol. The highest BCUT2D eigenvalue weighted by molar-refractivity contribution is 7.89. The van der Waals surface area contributed by atoms with E-state index in [-0.39, 0.29) is 22.1 Å². The maximum atomic E-state index is 13.9. The van der Waals surface area contributed by atoms with Crippen molar-refractivity contribution >= 4 is 15.9 Å². The van der Waals surface area contributed by atoms with E-state index in [1.165, 1.54) is 16.4 Å². The molecule has 154 valence electrons. The molecule has 2 aliphatic rings. The molecular formula is C21H24FN3O3S. The minimum Gasteiger partial charge on any atom is -0.340 e. The van der Waals surface area contributed by atoms with E-state index in [1.807, 2.05) is 18.2 Å². The largest absolute Gasteiger partial charge is 0.340 e. The van der Waals surface area contributed by atoms with Crippen LogP contribution in [0.15, 0.2) is 47.5 Å². The lowest BCUT2D eigenvalue weighted by atomic mass is 10.0. The topological polar surface area (TPSA) is 70.6 Å². The van der Waals surface area contributed by atoms with Crippen LogP contribution in [-0.2, 0) is 21.4 Å². The zero-order valence-electron chi connectivity index (χ0n) is 16.5. The van der Waals surface area contributed by atoms with Crippen LogP contribution in [0.2, 0.25) is 0 Å². The average molecular weight is 418 g/mol. The fourth-order valence-electron chi connectivity index (χ4n) is 4.17. The van der Waals surface area contributed by atoms with Crippen LogP contribution in [0, 0.1) is 24.1 Å². The predicted molar refractivity (Wildman–Crippen MR) is 106 cm³/mol. The van der Waals surface area contributed by atoms with Gasteiger partial charge in [0.2, 0.25) is 15.9 Å². The molecule has 1 aromatic heterocycles. The number of carbonyl (C=O) groups excluding carboxylic acids is 1. The summed E-state index contributed by atoms with van der Waals surface area (Å²) in [5.74, 6) is -0.682. The Bertz CT molecular complexity index is 1040. The normalized spacial score (nSPS) is 24.0. The first-order valence-corrected chi connectivity index (χ1v) is 11.1. The molecule has 1 aromatic carbocycles. The standard InChI is InChI=1S/C21H24FN3O3S/c1-15-6-7-17(11-19(15)22)29(27,28)25-10-8-21(14-25)12-18(21)20(26)24(2)13-16-5-3-4-9-23-16/h3-7,9,11,18H,8,10,12-14H2,1-2H3/t18-,21+/m1/s1. The van der Waals surface area contributed by atoms with Gasteiger partial charge in [-0.25, -0.2) is 12.8 Å². The molecule has 8 heteroatoms. The van der Waals surface area contributed by atoms with Gasteiger partial charge >= 0.3 is 0 Å². The van der Waals surface area contributed by atoms with Gasteiger partial charge in [-0.2, -0.15) is 4.31 Å². The summed E-state index contributed by atoms with van der Waals surface area (Å²) in [7, 11) is -2.02. The Morgan fingerprint density at radius 3 is 2.83 bits per heavy atom. The Morgan fingerprint density at radius 1 is 1.34 bits per heavy atom. The number of halogens is 1. The summed E-state index contributed by atoms with van der Waals surface area (Å²) >= 11 is 0. The first-order chi connectivity index (χ1) is 13.7. The van der Waals surface area contributed by atoms with Crippen molar-refractivity contribution in [1.29, 1.82) is 0 Å². The molecular weight excluding hydrogens is 393 g/mol. The van der Waals surface area contributed by atoms with Gasteiger partial charge in [0.25, 0.3) is 0 Å². The Balaban J connectivity index is 1.43. The Morgan fingerprint density at radius 2 is 2.14 bits per heavy atom. The summed E-state index contributed by atoms with van der Waals surface area (Å²) in [4.78, 5) is 18.7. The zero-order chi connectivity index (χ0) is 20.8. The van der Waals surface area contributed by atoms with E-state index < -0.39 is 15.8 Å². The van der Waals surface area contributed by atoms with Crippen LogP contribution in [0.3, 0.4) is 0 Å². The summed E-state index contributed by atoms with van der Waals surface area (Å²) in [6.07, 6.45) is 3.03. The van der Waals surface area contributed by atoms with Crippen LogP contribution >= 0.6 is 0 Å². The molecule has 1 aliphatic heterocycles. The van der Waals surface area contributed by atoms with Crippen molar-refractivity contribution in [2.75, 3.05) is 20.1 Å². The molecule has 4 rings (SSSR count). The van der Waals surface area contributed by atoms with Crippen LogP contribution in [-0.4, -0.2) is 48.7 Å². The third-order valence-corrected chi connectivity index (χ3v) is 7.96. The number of benzene rings is 1. The molecule has 1 saturated carbocycles. The molecule has 0 radical (unpaired) electrons. The van der Waals surface area contributed by atoms with E-state index in [1.54, 1.807) is 25.1 Å². The van der Waals surface area contributed by atoms with Crippen molar-refractivity contribution in [3.05, 3.63) is 59.7 Å². The van der Waals surface area contributed by atoms with Crippen LogP contribution in [0.4, 0.5) is 4.39 Å². The van der Waals surface area contributed by atoms with Crippen molar-refractivity contribution in [2.45, 2.75) is 31.2 Å². The van der Waals surface area contributed by atoms with Gasteiger partial charge in [0, 0.05) is 32.3 Å². The lowest BCUT2D eigenvalue weighted by Crippen LogP contribution is -2.32. The molecule has 29 heavy (non-hydrogen) atoms. The van der Waals surface area contributed by atoms with E-state index in [0.717, 1.165) is 11.8 Å². The smallest absolute Gasteiger partial charge is 0.243 e. The summed E-state index contributed by atoms with van der Waals surface area (Å²) in [5, 5.41) is 0. The molecule has 2 aromatic rings. The molecule has 1 spiro atoms. The molecule has 0 bridgehead atoms. The second-order valence-corrected chi connectivity index (χ2v) is 10.1. The molecule has 2 fully saturated rings. The number of amides is 1. The maximum absolute atomic E-state index is 13.9. The highest BCUT2D eigenvalue weighted by atomic mass is 32.2. The SMILES string of the molecule is Cc1ccc(S(=O)(=O)N2CC[C@]3(C[C@@H]3C(=O)N(C)Cc3ccccn3)C2)cc1F. The lowest BCUT2D eigenvalue weighted by molar-refractivity contribution is -0.132. The van der Waals surface area contributed by atoms with Gasteiger partial charge in [0.15, 0.2) is 0 Å². The Kier molecular flexibility index (Phi) is 4.94. The van der Waals surface area contributed by atoms with Crippen LogP contribution < -0.4 is 0 Å². The number of sulfonamides is 1. The van der Waals surface area contributed by atoms with E-state index in [0.29, 0.717) is 38.0 Å². The number of carbonyl (C=O) groups is 1. The second-order valence-electron chi connectivity index (χ2n) is 8.13. The zero-order valence-corrected chi connectivity index (χ0v) is 17.3. The molecule has 1 amide bonds. The minimum absolute atomic E-state index is 0.0243. The first-order valence-electron chi connectivity index (χ1n) is 9.64. The van der Waals surface area contributed by atoms with Gasteiger partial charge in [-0.1, -0.05) is 12.1 Å². The molecule has 1 saturated heterocycles. The highest BCUT2D eigenvalue weighted by Gasteiger charge is 2.62. The van der Waals surface area contributed by atoms with Crippen molar-refractivity contribution in [2.24, 2.45) is 11.3 Å². The number of pyridine rings is 1. The summed E-state index contributed by atoms with van der Waals surface area (Å²) in [6.45, 7) is 2.68. The third kappa shape index (κ3) is 3.67. The van der Waals surface area contributed by atoms with Crippen LogP contribution in [0.25, 0.3) is 0 Å². The number of hydrogen-bond acceptors (Lipinski definition) is 4. The minimum atomic E-state index is -3.77. The van der Waals surface area contributed by atoms with Crippen LogP contribution in [0.5, 0.6) is 0 Å². The fraction of sp³-hybridized carbons (Fsp3) is 0.429. The number of nitrogens with zero attached hydrogens (tertiary/aromatic N) is 3. The molecule has 2 heterocycles. The third-order valence-electron chi connectivity index (χ3n) is 6.12. The average Bonchev–Trinajstić information content (AvgIpc) is 3.22. The number of rotatable bonds is 5. The molecule has 2 atom stereocenters. The lowest BCUT2D eigenvalue weighted by Gasteiger charge is -2.19. The summed E-state index contributed by atoms with van der Waals surface area (Å²) < 4.78 is 41.1. The van der Waals surface area contributed by atoms with Gasteiger partial charge < -0.3 is 4.90 Å². The van der Waals surface area contributed by atoms with Crippen molar-refractivity contribution < 1.29 is 17.6 Å². The van der Waals surface area contributed by atoms with Crippen LogP contribution in [0.1, 0.15) is 24.1 Å². The molecule has 1 aliphatic carbocycles. The van der Waals surface area contributed by atoms with Gasteiger partial charge in [0.1, 0.15) is 5.82 Å². The van der Waals surface area contributed by atoms with Crippen molar-refractivity contribution in [3.63, 3.8) is 0 Å². The fourth-order valence-corrected chi connectivity index (χ4v) is 5.72. The Hall–Kier alpha value is -2.32. The van der Waals surface area contributed by atoms with E-state index >= 15 is 0 Å².